The van der Waals surface area contributed by atoms with Gasteiger partial charge in [0.15, 0.2) is 10.9 Å². The van der Waals surface area contributed by atoms with Gasteiger partial charge >= 0.3 is 0 Å². The third-order valence-electron chi connectivity index (χ3n) is 1.17. The Kier molecular flexibility index (Phi) is 2.42. The Labute approximate surface area is 70.6 Å². The van der Waals surface area contributed by atoms with E-state index in [0.29, 0.717) is 6.07 Å². The lowest BCUT2D eigenvalue weighted by Crippen LogP contribution is -1.94. The molecule has 0 unspecified atom stereocenters. The summed E-state index contributed by atoms with van der Waals surface area (Å²) in [7, 11) is 0. The molecule has 1 N–H and O–H groups in total. The number of hydrogen-bond acceptors (Lipinski definition) is 2. The molecular formula is C6H3ClF3NO. The van der Waals surface area contributed by atoms with Gasteiger partial charge in [-0.15, -0.1) is 0 Å². The van der Waals surface area contributed by atoms with Crippen molar-refractivity contribution in [1.29, 1.82) is 0 Å². The minimum Gasteiger partial charge on any atom is -0.505 e. The molecule has 1 aromatic rings. The summed E-state index contributed by atoms with van der Waals surface area (Å²) in [5, 5.41) is 8.25. The summed E-state index contributed by atoms with van der Waals surface area (Å²) in [6.07, 6.45) is -3.01. The van der Waals surface area contributed by atoms with Crippen LogP contribution in [0.5, 0.6) is 5.75 Å². The van der Waals surface area contributed by atoms with Crippen molar-refractivity contribution >= 4 is 11.6 Å². The van der Waals surface area contributed by atoms with Crippen LogP contribution in [0.3, 0.4) is 0 Å². The van der Waals surface area contributed by atoms with Gasteiger partial charge < -0.3 is 5.11 Å². The van der Waals surface area contributed by atoms with Gasteiger partial charge in [-0.2, -0.15) is 4.39 Å². The maximum Gasteiger partial charge on any atom is 0.268 e. The fourth-order valence-corrected chi connectivity index (χ4v) is 0.756. The normalized spacial score (nSPS) is 10.8. The molecule has 0 aromatic carbocycles. The van der Waals surface area contributed by atoms with E-state index in [0.717, 1.165) is 0 Å². The summed E-state index contributed by atoms with van der Waals surface area (Å²) < 4.78 is 36.3. The van der Waals surface area contributed by atoms with Crippen molar-refractivity contribution in [3.8, 4) is 5.75 Å². The number of pyridine rings is 1. The Morgan fingerprint density at radius 2 is 2.08 bits per heavy atom. The number of halogens is 4. The fourth-order valence-electron chi connectivity index (χ4n) is 0.627. The van der Waals surface area contributed by atoms with Crippen LogP contribution in [0, 0.1) is 5.95 Å². The van der Waals surface area contributed by atoms with Crippen LogP contribution in [-0.4, -0.2) is 10.1 Å². The minimum absolute atomic E-state index is 0.531. The molecule has 0 atom stereocenters. The quantitative estimate of drug-likeness (QED) is 0.702. The Morgan fingerprint density at radius 3 is 2.58 bits per heavy atom. The van der Waals surface area contributed by atoms with Gasteiger partial charge in [0.05, 0.1) is 5.56 Å². The van der Waals surface area contributed by atoms with Gasteiger partial charge in [0.25, 0.3) is 6.43 Å². The van der Waals surface area contributed by atoms with Crippen LogP contribution in [0.25, 0.3) is 0 Å². The summed E-state index contributed by atoms with van der Waals surface area (Å²) in [5.74, 6) is -2.03. The molecule has 0 saturated heterocycles. The number of rotatable bonds is 1. The maximum absolute atomic E-state index is 12.5. The number of nitrogens with zero attached hydrogens (tertiary/aromatic N) is 1. The van der Waals surface area contributed by atoms with Crippen molar-refractivity contribution in [1.82, 2.24) is 4.98 Å². The lowest BCUT2D eigenvalue weighted by Gasteiger charge is -2.02. The van der Waals surface area contributed by atoms with E-state index < -0.39 is 28.8 Å². The molecule has 0 aliphatic rings. The summed E-state index contributed by atoms with van der Waals surface area (Å²) in [4.78, 5) is 2.86. The number of alkyl halides is 2. The number of aromatic hydroxyl groups is 1. The molecule has 0 spiro atoms. The van der Waals surface area contributed by atoms with Crippen molar-refractivity contribution in [2.45, 2.75) is 6.43 Å². The van der Waals surface area contributed by atoms with E-state index in [-0.39, 0.29) is 0 Å². The van der Waals surface area contributed by atoms with E-state index in [2.05, 4.69) is 4.98 Å². The van der Waals surface area contributed by atoms with E-state index in [1.54, 1.807) is 0 Å². The highest BCUT2D eigenvalue weighted by Gasteiger charge is 2.17. The van der Waals surface area contributed by atoms with Gasteiger partial charge in [0.2, 0.25) is 5.95 Å². The van der Waals surface area contributed by atoms with Crippen LogP contribution in [-0.2, 0) is 0 Å². The third kappa shape index (κ3) is 1.61. The van der Waals surface area contributed by atoms with Crippen molar-refractivity contribution in [2.75, 3.05) is 0 Å². The van der Waals surface area contributed by atoms with Crippen LogP contribution >= 0.6 is 11.6 Å². The molecule has 1 heterocycles. The molecule has 0 aliphatic carbocycles. The molecule has 0 bridgehead atoms. The van der Waals surface area contributed by atoms with Crippen molar-refractivity contribution in [2.24, 2.45) is 0 Å². The molecule has 0 saturated carbocycles. The lowest BCUT2D eigenvalue weighted by molar-refractivity contribution is 0.144. The van der Waals surface area contributed by atoms with Crippen LogP contribution in [0.2, 0.25) is 5.15 Å². The minimum atomic E-state index is -3.01. The van der Waals surface area contributed by atoms with Gasteiger partial charge in [-0.05, 0) is 6.07 Å². The number of hydrogen-bond donors (Lipinski definition) is 1. The molecule has 66 valence electrons. The summed E-state index contributed by atoms with van der Waals surface area (Å²) >= 11 is 5.14. The second-order valence-corrected chi connectivity index (χ2v) is 2.34. The first-order chi connectivity index (χ1) is 5.52. The monoisotopic (exact) mass is 197 g/mol. The van der Waals surface area contributed by atoms with E-state index in [1.165, 1.54) is 0 Å². The molecule has 1 aromatic heterocycles. The zero-order valence-corrected chi connectivity index (χ0v) is 6.32. The first-order valence-corrected chi connectivity index (χ1v) is 3.23. The van der Waals surface area contributed by atoms with Gasteiger partial charge in [-0.3, -0.25) is 0 Å². The van der Waals surface area contributed by atoms with E-state index >= 15 is 0 Å². The largest absolute Gasteiger partial charge is 0.505 e. The van der Waals surface area contributed by atoms with E-state index in [1.807, 2.05) is 0 Å². The fraction of sp³-hybridized carbons (Fsp3) is 0.167. The highest BCUT2D eigenvalue weighted by Crippen LogP contribution is 2.28. The van der Waals surface area contributed by atoms with Crippen LogP contribution in [0.15, 0.2) is 6.07 Å². The smallest absolute Gasteiger partial charge is 0.268 e. The van der Waals surface area contributed by atoms with Crippen molar-refractivity contribution in [3.63, 3.8) is 0 Å². The predicted molar refractivity (Wildman–Crippen MR) is 35.8 cm³/mol. The van der Waals surface area contributed by atoms with Crippen molar-refractivity contribution in [3.05, 3.63) is 22.7 Å². The SMILES string of the molecule is Oc1cc(C(F)F)c(F)nc1Cl. The van der Waals surface area contributed by atoms with Crippen LogP contribution in [0.1, 0.15) is 12.0 Å². The Hall–Kier alpha value is -0.970. The molecule has 0 fully saturated rings. The highest BCUT2D eigenvalue weighted by molar-refractivity contribution is 6.30. The summed E-state index contributed by atoms with van der Waals surface area (Å²) in [6.45, 7) is 0. The maximum atomic E-state index is 12.5. The predicted octanol–water partition coefficient (Wildman–Crippen LogP) is 2.52. The first-order valence-electron chi connectivity index (χ1n) is 2.85. The molecule has 0 radical (unpaired) electrons. The second-order valence-electron chi connectivity index (χ2n) is 1.98. The standard InChI is InChI=1S/C6H3ClF3NO/c7-4-3(12)1-2(5(8)9)6(10)11-4/h1,5,12H. The summed E-state index contributed by atoms with van der Waals surface area (Å²) in [5.41, 5.74) is -0.961. The highest BCUT2D eigenvalue weighted by atomic mass is 35.5. The average Bonchev–Trinajstić information content (AvgIpc) is 1.96. The molecule has 2 nitrogen and oxygen atoms in total. The average molecular weight is 198 g/mol. The second kappa shape index (κ2) is 3.18. The van der Waals surface area contributed by atoms with E-state index in [4.69, 9.17) is 16.7 Å². The number of aromatic nitrogens is 1. The van der Waals surface area contributed by atoms with Crippen LogP contribution < -0.4 is 0 Å². The van der Waals surface area contributed by atoms with Gasteiger partial charge in [0.1, 0.15) is 0 Å². The summed E-state index contributed by atoms with van der Waals surface area (Å²) in [6, 6.07) is 0.551. The molecule has 0 amide bonds. The Bertz CT molecular complexity index is 305. The zero-order valence-electron chi connectivity index (χ0n) is 5.56. The zero-order chi connectivity index (χ0) is 9.30. The van der Waals surface area contributed by atoms with Gasteiger partial charge in [-0.25, -0.2) is 13.8 Å². The molecule has 1 rings (SSSR count). The van der Waals surface area contributed by atoms with Gasteiger partial charge in [-0.1, -0.05) is 11.6 Å². The third-order valence-corrected chi connectivity index (χ3v) is 1.45. The Morgan fingerprint density at radius 1 is 1.50 bits per heavy atom. The van der Waals surface area contributed by atoms with Gasteiger partial charge in [0, 0.05) is 0 Å². The molecular weight excluding hydrogens is 195 g/mol. The van der Waals surface area contributed by atoms with Crippen LogP contribution in [0.4, 0.5) is 13.2 Å². The molecule has 6 heteroatoms. The first kappa shape index (κ1) is 9.12. The van der Waals surface area contributed by atoms with E-state index in [9.17, 15) is 13.2 Å². The van der Waals surface area contributed by atoms with Crippen molar-refractivity contribution < 1.29 is 18.3 Å². The Balaban J connectivity index is 3.23. The molecule has 0 aliphatic heterocycles. The molecule has 12 heavy (non-hydrogen) atoms. The lowest BCUT2D eigenvalue weighted by atomic mass is 10.3. The topological polar surface area (TPSA) is 33.1 Å².